The number of anilines is 3. The molecule has 10 rings (SSSR count). The lowest BCUT2D eigenvalue weighted by atomic mass is 9.92. The quantitative estimate of drug-likeness (QED) is 0.166. The van der Waals surface area contributed by atoms with E-state index in [-0.39, 0.29) is 0 Å². The van der Waals surface area contributed by atoms with E-state index in [4.69, 9.17) is 9.97 Å². The molecule has 244 valence electrons. The standard InChI is InChI=1S/C48H32N4/c1-5-17-33(18-6-1)47-46-44(51(36-20-7-2-8-21-36)37-22-9-3-10-23-37)32-34-19-13-14-26-39(34)45(46)40-30-29-35(31-42(40)49-47)48-50-41-27-15-16-28-43(41)52(48)38-24-11-4-12-25-38/h1-32H. The number of nitrogens with zero attached hydrogens (tertiary/aromatic N) is 4. The normalized spacial score (nSPS) is 11.5. The summed E-state index contributed by atoms with van der Waals surface area (Å²) in [5.74, 6) is 0.885. The molecule has 0 aliphatic carbocycles. The monoisotopic (exact) mass is 664 g/mol. The van der Waals surface area contributed by atoms with Crippen molar-refractivity contribution in [2.75, 3.05) is 4.90 Å². The molecule has 0 amide bonds. The number of fused-ring (bicyclic) bond motifs is 6. The first-order valence-corrected chi connectivity index (χ1v) is 17.6. The highest BCUT2D eigenvalue weighted by atomic mass is 15.1. The van der Waals surface area contributed by atoms with E-state index in [9.17, 15) is 0 Å². The lowest BCUT2D eigenvalue weighted by Gasteiger charge is -2.28. The molecule has 4 heteroatoms. The molecule has 0 fully saturated rings. The van der Waals surface area contributed by atoms with Gasteiger partial charge in [0, 0.05) is 44.3 Å². The molecule has 0 radical (unpaired) electrons. The van der Waals surface area contributed by atoms with Crippen LogP contribution in [0.4, 0.5) is 17.1 Å². The van der Waals surface area contributed by atoms with Gasteiger partial charge in [0.2, 0.25) is 0 Å². The maximum absolute atomic E-state index is 5.59. The Balaban J connectivity index is 1.33. The van der Waals surface area contributed by atoms with Crippen LogP contribution in [0.2, 0.25) is 0 Å². The van der Waals surface area contributed by atoms with Gasteiger partial charge in [-0.15, -0.1) is 0 Å². The summed E-state index contributed by atoms with van der Waals surface area (Å²) in [6.07, 6.45) is 0. The number of hydrogen-bond donors (Lipinski definition) is 0. The number of hydrogen-bond acceptors (Lipinski definition) is 3. The maximum Gasteiger partial charge on any atom is 0.145 e. The van der Waals surface area contributed by atoms with Gasteiger partial charge in [-0.2, -0.15) is 0 Å². The molecule has 0 aliphatic rings. The zero-order valence-corrected chi connectivity index (χ0v) is 28.3. The van der Waals surface area contributed by atoms with Crippen LogP contribution in [0.1, 0.15) is 0 Å². The van der Waals surface area contributed by atoms with Crippen LogP contribution in [0, 0.1) is 0 Å². The Kier molecular flexibility index (Phi) is 7.10. The second-order valence-electron chi connectivity index (χ2n) is 13.0. The van der Waals surface area contributed by atoms with Crippen molar-refractivity contribution in [2.24, 2.45) is 0 Å². The number of aromatic nitrogens is 3. The number of rotatable bonds is 6. The molecule has 0 aliphatic heterocycles. The van der Waals surface area contributed by atoms with Crippen LogP contribution in [0.15, 0.2) is 194 Å². The second-order valence-corrected chi connectivity index (χ2v) is 13.0. The van der Waals surface area contributed by atoms with Gasteiger partial charge in [0.15, 0.2) is 0 Å². The molecule has 4 nitrogen and oxygen atoms in total. The molecule has 0 N–H and O–H groups in total. The number of benzene rings is 8. The summed E-state index contributed by atoms with van der Waals surface area (Å²) in [7, 11) is 0. The van der Waals surface area contributed by atoms with Crippen molar-refractivity contribution in [1.29, 1.82) is 0 Å². The van der Waals surface area contributed by atoms with Crippen LogP contribution in [0.5, 0.6) is 0 Å². The Hall–Kier alpha value is -7.04. The zero-order chi connectivity index (χ0) is 34.4. The van der Waals surface area contributed by atoms with E-state index in [0.717, 1.165) is 72.7 Å². The molecule has 8 aromatic carbocycles. The van der Waals surface area contributed by atoms with Crippen LogP contribution in [-0.4, -0.2) is 14.5 Å². The van der Waals surface area contributed by atoms with E-state index >= 15 is 0 Å². The molecular weight excluding hydrogens is 633 g/mol. The summed E-state index contributed by atoms with van der Waals surface area (Å²) in [5.41, 5.74) is 10.3. The molecule has 0 atom stereocenters. The SMILES string of the molecule is c1ccc(-c2nc3cc(-c4nc5ccccc5n4-c4ccccc4)ccc3c3c2c(N(c2ccccc2)c2ccccc2)cc2ccccc23)cc1. The topological polar surface area (TPSA) is 34.0 Å². The fraction of sp³-hybridized carbons (Fsp3) is 0. The Labute approximate surface area is 301 Å². The predicted molar refractivity (Wildman–Crippen MR) is 217 cm³/mol. The Bertz CT molecular complexity index is 2840. The minimum atomic E-state index is 0.885. The number of imidazole rings is 1. The van der Waals surface area contributed by atoms with Crippen molar-refractivity contribution >= 4 is 60.5 Å². The predicted octanol–water partition coefficient (Wildman–Crippen LogP) is 12.7. The summed E-state index contributed by atoms with van der Waals surface area (Å²) in [6.45, 7) is 0. The fourth-order valence-corrected chi connectivity index (χ4v) is 7.62. The first-order chi connectivity index (χ1) is 25.8. The van der Waals surface area contributed by atoms with Gasteiger partial charge in [0.1, 0.15) is 5.82 Å². The highest BCUT2D eigenvalue weighted by Crippen LogP contribution is 2.47. The summed E-state index contributed by atoms with van der Waals surface area (Å²) < 4.78 is 2.25. The van der Waals surface area contributed by atoms with Crippen molar-refractivity contribution in [3.8, 4) is 28.3 Å². The van der Waals surface area contributed by atoms with E-state index in [1.165, 1.54) is 16.2 Å². The second kappa shape index (κ2) is 12.4. The molecule has 0 unspecified atom stereocenters. The summed E-state index contributed by atoms with van der Waals surface area (Å²) >= 11 is 0. The largest absolute Gasteiger partial charge is 0.310 e. The minimum absolute atomic E-state index is 0.885. The molecule has 2 aromatic heterocycles. The van der Waals surface area contributed by atoms with Crippen molar-refractivity contribution < 1.29 is 0 Å². The first kappa shape index (κ1) is 29.8. The smallest absolute Gasteiger partial charge is 0.145 e. The van der Waals surface area contributed by atoms with Gasteiger partial charge in [-0.1, -0.05) is 133 Å². The molecule has 2 heterocycles. The van der Waals surface area contributed by atoms with Crippen LogP contribution < -0.4 is 4.90 Å². The minimum Gasteiger partial charge on any atom is -0.310 e. The Morgan fingerprint density at radius 1 is 0.423 bits per heavy atom. The summed E-state index contributed by atoms with van der Waals surface area (Å²) in [6, 6.07) is 68.4. The summed E-state index contributed by atoms with van der Waals surface area (Å²) in [5, 5.41) is 5.74. The average molecular weight is 665 g/mol. The van der Waals surface area contributed by atoms with Gasteiger partial charge in [0.05, 0.1) is 27.9 Å². The van der Waals surface area contributed by atoms with E-state index in [1.807, 2.05) is 12.1 Å². The molecule has 0 spiro atoms. The zero-order valence-electron chi connectivity index (χ0n) is 28.3. The first-order valence-electron chi connectivity index (χ1n) is 17.6. The Morgan fingerprint density at radius 3 is 1.77 bits per heavy atom. The Morgan fingerprint density at radius 2 is 1.04 bits per heavy atom. The van der Waals surface area contributed by atoms with Gasteiger partial charge >= 0.3 is 0 Å². The third kappa shape index (κ3) is 4.92. The highest BCUT2D eigenvalue weighted by molar-refractivity contribution is 6.27. The lowest BCUT2D eigenvalue weighted by molar-refractivity contribution is 1.10. The van der Waals surface area contributed by atoms with Crippen molar-refractivity contribution in [3.05, 3.63) is 194 Å². The molecule has 0 saturated carbocycles. The van der Waals surface area contributed by atoms with Crippen LogP contribution >= 0.6 is 0 Å². The van der Waals surface area contributed by atoms with Crippen molar-refractivity contribution in [3.63, 3.8) is 0 Å². The van der Waals surface area contributed by atoms with Crippen molar-refractivity contribution in [2.45, 2.75) is 0 Å². The van der Waals surface area contributed by atoms with E-state index in [0.29, 0.717) is 0 Å². The third-order valence-electron chi connectivity index (χ3n) is 9.91. The molecule has 52 heavy (non-hydrogen) atoms. The molecular formula is C48H32N4. The fourth-order valence-electron chi connectivity index (χ4n) is 7.62. The van der Waals surface area contributed by atoms with Crippen LogP contribution in [0.25, 0.3) is 71.8 Å². The lowest BCUT2D eigenvalue weighted by Crippen LogP contribution is -2.11. The van der Waals surface area contributed by atoms with Gasteiger partial charge < -0.3 is 4.90 Å². The third-order valence-corrected chi connectivity index (χ3v) is 9.91. The van der Waals surface area contributed by atoms with E-state index in [2.05, 4.69) is 191 Å². The number of para-hydroxylation sites is 5. The van der Waals surface area contributed by atoms with Gasteiger partial charge in [-0.25, -0.2) is 9.97 Å². The van der Waals surface area contributed by atoms with E-state index in [1.54, 1.807) is 0 Å². The van der Waals surface area contributed by atoms with Gasteiger partial charge in [0.25, 0.3) is 0 Å². The van der Waals surface area contributed by atoms with Crippen molar-refractivity contribution in [1.82, 2.24) is 14.5 Å². The van der Waals surface area contributed by atoms with Crippen LogP contribution in [-0.2, 0) is 0 Å². The van der Waals surface area contributed by atoms with E-state index < -0.39 is 0 Å². The maximum atomic E-state index is 5.59. The highest BCUT2D eigenvalue weighted by Gasteiger charge is 2.23. The average Bonchev–Trinajstić information content (AvgIpc) is 3.61. The molecule has 0 saturated heterocycles. The number of pyridine rings is 1. The van der Waals surface area contributed by atoms with Gasteiger partial charge in [-0.3, -0.25) is 4.57 Å². The van der Waals surface area contributed by atoms with Crippen LogP contribution in [0.3, 0.4) is 0 Å². The molecule has 10 aromatic rings. The molecule has 0 bridgehead atoms. The summed E-state index contributed by atoms with van der Waals surface area (Å²) in [4.78, 5) is 13.1. The van der Waals surface area contributed by atoms with Gasteiger partial charge in [-0.05, 0) is 71.4 Å².